The maximum atomic E-state index is 10.3. The molecule has 5 heteroatoms. The Hall–Kier alpha value is -2.08. The zero-order chi connectivity index (χ0) is 16.6. The van der Waals surface area contributed by atoms with Crippen LogP contribution in [0.4, 0.5) is 0 Å². The van der Waals surface area contributed by atoms with Gasteiger partial charge in [-0.15, -0.1) is 0 Å². The number of para-hydroxylation sites is 1. The van der Waals surface area contributed by atoms with Crippen LogP contribution in [0.1, 0.15) is 11.3 Å². The highest BCUT2D eigenvalue weighted by atomic mass is 32.1. The van der Waals surface area contributed by atoms with Gasteiger partial charge in [0.05, 0.1) is 12.8 Å². The van der Waals surface area contributed by atoms with E-state index in [0.717, 1.165) is 18.1 Å². The van der Waals surface area contributed by atoms with Crippen LogP contribution in [-0.4, -0.2) is 29.3 Å². The topological polar surface area (TPSA) is 45.8 Å². The van der Waals surface area contributed by atoms with Crippen molar-refractivity contribution in [1.82, 2.24) is 4.90 Å². The summed E-state index contributed by atoms with van der Waals surface area (Å²) >= 11 is 1.68. The minimum Gasteiger partial charge on any atom is -0.491 e. The van der Waals surface area contributed by atoms with Gasteiger partial charge in [0.1, 0.15) is 24.2 Å². The molecule has 24 heavy (non-hydrogen) atoms. The Morgan fingerprint density at radius 2 is 1.96 bits per heavy atom. The quantitative estimate of drug-likeness (QED) is 0.642. The second-order valence-corrected chi connectivity index (χ2v) is 6.44. The predicted octanol–water partition coefficient (Wildman–Crippen LogP) is 3.78. The third-order valence-electron chi connectivity index (χ3n) is 3.60. The van der Waals surface area contributed by atoms with Crippen LogP contribution in [0.5, 0.6) is 5.75 Å². The van der Waals surface area contributed by atoms with Gasteiger partial charge in [-0.1, -0.05) is 18.2 Å². The summed E-state index contributed by atoms with van der Waals surface area (Å²) in [5, 5.41) is 14.5. The molecule has 0 amide bonds. The first-order valence-electron chi connectivity index (χ1n) is 7.91. The molecule has 0 aliphatic rings. The van der Waals surface area contributed by atoms with E-state index >= 15 is 0 Å². The predicted molar refractivity (Wildman–Crippen MR) is 95.1 cm³/mol. The minimum atomic E-state index is -0.571. The number of hydrogen-bond acceptors (Lipinski definition) is 5. The molecule has 1 atom stereocenters. The highest BCUT2D eigenvalue weighted by Gasteiger charge is 2.15. The van der Waals surface area contributed by atoms with Crippen molar-refractivity contribution in [3.63, 3.8) is 0 Å². The Morgan fingerprint density at radius 1 is 1.08 bits per heavy atom. The van der Waals surface area contributed by atoms with E-state index in [1.807, 2.05) is 42.5 Å². The molecule has 1 N–H and O–H groups in total. The van der Waals surface area contributed by atoms with Gasteiger partial charge in [0.2, 0.25) is 0 Å². The third-order valence-corrected chi connectivity index (χ3v) is 4.33. The van der Waals surface area contributed by atoms with E-state index in [1.54, 1.807) is 17.6 Å². The number of hydrogen-bond donors (Lipinski definition) is 1. The van der Waals surface area contributed by atoms with Crippen molar-refractivity contribution in [2.75, 3.05) is 13.2 Å². The highest BCUT2D eigenvalue weighted by Crippen LogP contribution is 2.14. The molecule has 0 saturated heterocycles. The van der Waals surface area contributed by atoms with Gasteiger partial charge in [-0.2, -0.15) is 11.3 Å². The van der Waals surface area contributed by atoms with Crippen LogP contribution in [0, 0.1) is 0 Å². The molecule has 3 aromatic rings. The van der Waals surface area contributed by atoms with Crippen LogP contribution in [0.2, 0.25) is 0 Å². The fraction of sp³-hybridized carbons (Fsp3) is 0.263. The molecule has 0 unspecified atom stereocenters. The van der Waals surface area contributed by atoms with Crippen molar-refractivity contribution < 1.29 is 14.3 Å². The van der Waals surface area contributed by atoms with Crippen LogP contribution < -0.4 is 4.74 Å². The summed E-state index contributed by atoms with van der Waals surface area (Å²) in [6.07, 6.45) is 1.10. The normalized spacial score (nSPS) is 12.4. The Morgan fingerprint density at radius 3 is 2.67 bits per heavy atom. The van der Waals surface area contributed by atoms with Gasteiger partial charge in [-0.05, 0) is 46.7 Å². The lowest BCUT2D eigenvalue weighted by Gasteiger charge is -2.24. The van der Waals surface area contributed by atoms with Crippen molar-refractivity contribution in [2.45, 2.75) is 19.2 Å². The molecule has 3 rings (SSSR count). The average molecular weight is 343 g/mol. The fourth-order valence-electron chi connectivity index (χ4n) is 2.51. The Labute approximate surface area is 145 Å². The number of nitrogens with zero attached hydrogens (tertiary/aromatic N) is 1. The number of benzene rings is 1. The monoisotopic (exact) mass is 343 g/mol. The standard InChI is InChI=1S/C19H21NO3S/c21-17(14-23-18-5-2-1-3-6-18)12-20(11-16-8-10-24-15-16)13-19-7-4-9-22-19/h1-10,15,17,21H,11-14H2/t17-/m0/s1. The van der Waals surface area contributed by atoms with E-state index in [0.29, 0.717) is 13.1 Å². The first-order valence-corrected chi connectivity index (χ1v) is 8.85. The average Bonchev–Trinajstić information content (AvgIpc) is 3.28. The van der Waals surface area contributed by atoms with E-state index in [9.17, 15) is 5.11 Å². The number of aliphatic hydroxyl groups excluding tert-OH is 1. The summed E-state index contributed by atoms with van der Waals surface area (Å²) in [5.74, 6) is 1.66. The molecule has 0 aliphatic carbocycles. The third kappa shape index (κ3) is 5.23. The maximum Gasteiger partial charge on any atom is 0.119 e. The molecule has 0 bridgehead atoms. The van der Waals surface area contributed by atoms with Crippen LogP contribution in [0.25, 0.3) is 0 Å². The van der Waals surface area contributed by atoms with Crippen LogP contribution in [0.3, 0.4) is 0 Å². The molecule has 2 aromatic heterocycles. The number of rotatable bonds is 9. The number of aliphatic hydroxyl groups is 1. The molecule has 0 fully saturated rings. The van der Waals surface area contributed by atoms with Crippen molar-refractivity contribution in [3.05, 3.63) is 76.9 Å². The lowest BCUT2D eigenvalue weighted by atomic mass is 10.2. The fourth-order valence-corrected chi connectivity index (χ4v) is 3.17. The zero-order valence-corrected chi connectivity index (χ0v) is 14.2. The van der Waals surface area contributed by atoms with Gasteiger partial charge in [-0.3, -0.25) is 4.90 Å². The first kappa shape index (κ1) is 16.8. The minimum absolute atomic E-state index is 0.266. The maximum absolute atomic E-state index is 10.3. The molecule has 0 saturated carbocycles. The Kier molecular flexibility index (Phi) is 6.07. The molecule has 1 aromatic carbocycles. The number of ether oxygens (including phenoxy) is 1. The zero-order valence-electron chi connectivity index (χ0n) is 13.4. The number of furan rings is 1. The summed E-state index contributed by atoms with van der Waals surface area (Å²) in [6, 6.07) is 15.5. The smallest absolute Gasteiger partial charge is 0.119 e. The van der Waals surface area contributed by atoms with Crippen molar-refractivity contribution in [3.8, 4) is 5.75 Å². The number of thiophene rings is 1. The SMILES string of the molecule is O[C@H](COc1ccccc1)CN(Cc1ccsc1)Cc1ccco1. The second-order valence-electron chi connectivity index (χ2n) is 5.66. The Balaban J connectivity index is 1.55. The van der Waals surface area contributed by atoms with Crippen LogP contribution in [-0.2, 0) is 13.1 Å². The van der Waals surface area contributed by atoms with Crippen molar-refractivity contribution in [2.24, 2.45) is 0 Å². The summed E-state index contributed by atoms with van der Waals surface area (Å²) in [5.41, 5.74) is 1.24. The van der Waals surface area contributed by atoms with Gasteiger partial charge in [0.25, 0.3) is 0 Å². The van der Waals surface area contributed by atoms with E-state index in [2.05, 4.69) is 21.7 Å². The molecular weight excluding hydrogens is 322 g/mol. The molecule has 0 spiro atoms. The van der Waals surface area contributed by atoms with Gasteiger partial charge in [-0.25, -0.2) is 0 Å². The lowest BCUT2D eigenvalue weighted by Crippen LogP contribution is -2.34. The molecule has 126 valence electrons. The summed E-state index contributed by atoms with van der Waals surface area (Å²) in [4.78, 5) is 2.17. The summed E-state index contributed by atoms with van der Waals surface area (Å²) in [7, 11) is 0. The highest BCUT2D eigenvalue weighted by molar-refractivity contribution is 7.07. The molecule has 2 heterocycles. The first-order chi connectivity index (χ1) is 11.8. The largest absolute Gasteiger partial charge is 0.491 e. The van der Waals surface area contributed by atoms with E-state index in [1.165, 1.54) is 5.56 Å². The van der Waals surface area contributed by atoms with E-state index < -0.39 is 6.10 Å². The van der Waals surface area contributed by atoms with Gasteiger partial charge in [0, 0.05) is 13.1 Å². The molecule has 0 aliphatic heterocycles. The summed E-state index contributed by atoms with van der Waals surface area (Å²) < 4.78 is 11.1. The van der Waals surface area contributed by atoms with Crippen LogP contribution in [0.15, 0.2) is 70.0 Å². The molecule has 0 radical (unpaired) electrons. The van der Waals surface area contributed by atoms with Crippen molar-refractivity contribution in [1.29, 1.82) is 0 Å². The molecular formula is C19H21NO3S. The van der Waals surface area contributed by atoms with Gasteiger partial charge >= 0.3 is 0 Å². The summed E-state index contributed by atoms with van der Waals surface area (Å²) in [6.45, 7) is 2.21. The van der Waals surface area contributed by atoms with E-state index in [4.69, 9.17) is 9.15 Å². The van der Waals surface area contributed by atoms with Gasteiger partial charge < -0.3 is 14.3 Å². The van der Waals surface area contributed by atoms with E-state index in [-0.39, 0.29) is 6.61 Å². The Bertz CT molecular complexity index is 647. The second kappa shape index (κ2) is 8.68. The van der Waals surface area contributed by atoms with Crippen molar-refractivity contribution >= 4 is 11.3 Å². The van der Waals surface area contributed by atoms with Gasteiger partial charge in [0.15, 0.2) is 0 Å². The molecule has 4 nitrogen and oxygen atoms in total. The van der Waals surface area contributed by atoms with Crippen LogP contribution >= 0.6 is 11.3 Å². The lowest BCUT2D eigenvalue weighted by molar-refractivity contribution is 0.0605.